The van der Waals surface area contributed by atoms with Gasteiger partial charge in [-0.1, -0.05) is 128 Å². The molecular formula is C43H32N2. The molecule has 9 rings (SSSR count). The van der Waals surface area contributed by atoms with Crippen LogP contribution in [0.3, 0.4) is 0 Å². The van der Waals surface area contributed by atoms with Crippen LogP contribution in [0.15, 0.2) is 158 Å². The number of rotatable bonds is 4. The van der Waals surface area contributed by atoms with Crippen molar-refractivity contribution in [2.45, 2.75) is 13.3 Å². The molecule has 1 aliphatic rings. The monoisotopic (exact) mass is 576 g/mol. The van der Waals surface area contributed by atoms with Crippen LogP contribution >= 0.6 is 0 Å². The highest BCUT2D eigenvalue weighted by Crippen LogP contribution is 2.43. The summed E-state index contributed by atoms with van der Waals surface area (Å²) >= 11 is 0. The van der Waals surface area contributed by atoms with Crippen molar-refractivity contribution in [3.05, 3.63) is 158 Å². The minimum Gasteiger partial charge on any atom is -0.313 e. The predicted octanol–water partition coefficient (Wildman–Crippen LogP) is 11.7. The summed E-state index contributed by atoms with van der Waals surface area (Å²) < 4.78 is 4.93. The fraction of sp³-hybridized carbons (Fsp3) is 0.0698. The number of hydrogen-bond donors (Lipinski definition) is 0. The van der Waals surface area contributed by atoms with Crippen LogP contribution < -0.4 is 0 Å². The topological polar surface area (TPSA) is 9.86 Å². The first-order valence-electron chi connectivity index (χ1n) is 15.9. The van der Waals surface area contributed by atoms with Gasteiger partial charge in [-0.05, 0) is 59.5 Å². The second-order valence-electron chi connectivity index (χ2n) is 12.2. The fourth-order valence-corrected chi connectivity index (χ4v) is 7.50. The van der Waals surface area contributed by atoms with Crippen LogP contribution in [0.1, 0.15) is 13.3 Å². The van der Waals surface area contributed by atoms with Crippen LogP contribution in [-0.2, 0) is 0 Å². The third kappa shape index (κ3) is 3.96. The van der Waals surface area contributed by atoms with E-state index in [9.17, 15) is 0 Å². The fourth-order valence-electron chi connectivity index (χ4n) is 7.50. The van der Waals surface area contributed by atoms with E-state index in [0.29, 0.717) is 5.92 Å². The van der Waals surface area contributed by atoms with Crippen LogP contribution in [0.25, 0.3) is 77.2 Å². The molecule has 2 aromatic heterocycles. The molecule has 0 bridgehead atoms. The quantitative estimate of drug-likeness (QED) is 0.197. The molecular weight excluding hydrogens is 544 g/mol. The first kappa shape index (κ1) is 25.9. The second-order valence-corrected chi connectivity index (χ2v) is 12.2. The van der Waals surface area contributed by atoms with Crippen molar-refractivity contribution in [3.8, 4) is 27.9 Å². The maximum atomic E-state index is 2.50. The minimum atomic E-state index is 0.447. The lowest BCUT2D eigenvalue weighted by Crippen LogP contribution is -2.07. The Morgan fingerprint density at radius 3 is 1.93 bits per heavy atom. The van der Waals surface area contributed by atoms with Gasteiger partial charge in [0.05, 0.1) is 22.1 Å². The molecule has 214 valence electrons. The Kier molecular flexibility index (Phi) is 5.89. The summed E-state index contributed by atoms with van der Waals surface area (Å²) in [6, 6.07) is 51.1. The normalized spacial score (nSPS) is 15.0. The van der Waals surface area contributed by atoms with Gasteiger partial charge in [-0.2, -0.15) is 0 Å². The Bertz CT molecular complexity index is 2470. The first-order chi connectivity index (χ1) is 22.3. The highest BCUT2D eigenvalue weighted by atomic mass is 15.0. The molecule has 45 heavy (non-hydrogen) atoms. The first-order valence-corrected chi connectivity index (χ1v) is 15.9. The maximum Gasteiger partial charge on any atom is 0.0619 e. The molecule has 2 nitrogen and oxygen atoms in total. The van der Waals surface area contributed by atoms with Crippen LogP contribution in [-0.4, -0.2) is 9.13 Å². The lowest BCUT2D eigenvalue weighted by molar-refractivity contribution is 0.725. The summed E-state index contributed by atoms with van der Waals surface area (Å²) in [5, 5.41) is 5.13. The van der Waals surface area contributed by atoms with Gasteiger partial charge >= 0.3 is 0 Å². The van der Waals surface area contributed by atoms with Crippen molar-refractivity contribution in [1.82, 2.24) is 9.13 Å². The molecule has 1 unspecified atom stereocenters. The Morgan fingerprint density at radius 2 is 1.13 bits per heavy atom. The number of benzene rings is 6. The van der Waals surface area contributed by atoms with E-state index in [1.807, 2.05) is 0 Å². The largest absolute Gasteiger partial charge is 0.313 e. The summed E-state index contributed by atoms with van der Waals surface area (Å²) in [4.78, 5) is 0. The molecule has 0 aliphatic heterocycles. The number of aromatic nitrogens is 2. The summed E-state index contributed by atoms with van der Waals surface area (Å²) in [7, 11) is 0. The van der Waals surface area contributed by atoms with Crippen molar-refractivity contribution in [2.24, 2.45) is 5.92 Å². The minimum absolute atomic E-state index is 0.447. The maximum absolute atomic E-state index is 2.50. The van der Waals surface area contributed by atoms with E-state index in [4.69, 9.17) is 0 Å². The van der Waals surface area contributed by atoms with Gasteiger partial charge in [0, 0.05) is 44.4 Å². The van der Waals surface area contributed by atoms with Crippen molar-refractivity contribution < 1.29 is 0 Å². The van der Waals surface area contributed by atoms with Gasteiger partial charge in [0.1, 0.15) is 0 Å². The van der Waals surface area contributed by atoms with Gasteiger partial charge in [-0.25, -0.2) is 0 Å². The molecule has 0 amide bonds. The molecule has 0 radical (unpaired) electrons. The van der Waals surface area contributed by atoms with Crippen LogP contribution in [0, 0.1) is 5.92 Å². The smallest absolute Gasteiger partial charge is 0.0619 e. The van der Waals surface area contributed by atoms with E-state index in [1.54, 1.807) is 0 Å². The van der Waals surface area contributed by atoms with E-state index in [0.717, 1.165) is 6.42 Å². The molecule has 8 aromatic rings. The summed E-state index contributed by atoms with van der Waals surface area (Å²) in [6.07, 6.45) is 7.84. The molecule has 0 saturated heterocycles. The number of hydrogen-bond acceptors (Lipinski definition) is 0. The van der Waals surface area contributed by atoms with Gasteiger partial charge in [0.25, 0.3) is 0 Å². The molecule has 0 saturated carbocycles. The van der Waals surface area contributed by atoms with E-state index in [1.165, 1.54) is 77.2 Å². The van der Waals surface area contributed by atoms with E-state index < -0.39 is 0 Å². The Hall–Kier alpha value is -5.60. The number of nitrogens with zero attached hydrogens (tertiary/aromatic N) is 2. The van der Waals surface area contributed by atoms with Gasteiger partial charge in [-0.3, -0.25) is 0 Å². The molecule has 0 fully saturated rings. The molecule has 2 heteroatoms. The number of fused-ring (bicyclic) bond motifs is 6. The third-order valence-corrected chi connectivity index (χ3v) is 9.57. The average Bonchev–Trinajstić information content (AvgIpc) is 3.62. The van der Waals surface area contributed by atoms with E-state index in [-0.39, 0.29) is 0 Å². The Balaban J connectivity index is 1.32. The average molecular weight is 577 g/mol. The zero-order valence-corrected chi connectivity index (χ0v) is 25.2. The highest BCUT2D eigenvalue weighted by molar-refractivity contribution is 6.15. The molecule has 1 atom stereocenters. The van der Waals surface area contributed by atoms with Gasteiger partial charge in [0.2, 0.25) is 0 Å². The predicted molar refractivity (Wildman–Crippen MR) is 192 cm³/mol. The molecule has 6 aromatic carbocycles. The molecule has 2 heterocycles. The van der Waals surface area contributed by atoms with Crippen molar-refractivity contribution in [1.29, 1.82) is 0 Å². The van der Waals surface area contributed by atoms with Crippen LogP contribution in [0.5, 0.6) is 0 Å². The lowest BCUT2D eigenvalue weighted by Gasteiger charge is -2.21. The number of allylic oxidation sites excluding steroid dienone is 4. The van der Waals surface area contributed by atoms with Crippen molar-refractivity contribution >= 4 is 49.3 Å². The van der Waals surface area contributed by atoms with Crippen LogP contribution in [0.4, 0.5) is 0 Å². The van der Waals surface area contributed by atoms with Crippen molar-refractivity contribution in [2.75, 3.05) is 0 Å². The zero-order chi connectivity index (χ0) is 29.9. The summed E-state index contributed by atoms with van der Waals surface area (Å²) in [5.74, 6) is 0.447. The van der Waals surface area contributed by atoms with E-state index in [2.05, 4.69) is 174 Å². The van der Waals surface area contributed by atoms with Gasteiger partial charge < -0.3 is 9.13 Å². The van der Waals surface area contributed by atoms with Crippen molar-refractivity contribution in [3.63, 3.8) is 0 Å². The molecule has 0 spiro atoms. The lowest BCUT2D eigenvalue weighted by atomic mass is 9.92. The summed E-state index contributed by atoms with van der Waals surface area (Å²) in [6.45, 7) is 2.33. The second kappa shape index (κ2) is 10.2. The standard InChI is InChI=1S/C43H32N2/c1-29-14-5-10-23-39(29)45-41-25-12-8-19-34(41)36-27-26-30(28-42(36)45)32-17-6-7-18-33(32)37-21-13-22-38-35-20-9-11-24-40(35)44(43(37)38)31-15-3-2-4-16-31/h2-13,15-29H,14H2,1H3. The SMILES string of the molecule is CC1CC=CC=C1n1c2ccccc2c2ccc(-c3ccccc3-c3cccc4c5ccccc5n(-c5ccccc5)c34)cc21. The Morgan fingerprint density at radius 1 is 0.511 bits per heavy atom. The van der Waals surface area contributed by atoms with E-state index >= 15 is 0 Å². The Labute approximate surface area is 262 Å². The zero-order valence-electron chi connectivity index (χ0n) is 25.2. The molecule has 0 N–H and O–H groups in total. The van der Waals surface area contributed by atoms with Gasteiger partial charge in [-0.15, -0.1) is 0 Å². The molecule has 1 aliphatic carbocycles. The van der Waals surface area contributed by atoms with Crippen LogP contribution in [0.2, 0.25) is 0 Å². The highest BCUT2D eigenvalue weighted by Gasteiger charge is 2.21. The number of para-hydroxylation sites is 4. The summed E-state index contributed by atoms with van der Waals surface area (Å²) in [5.41, 5.74) is 12.4. The van der Waals surface area contributed by atoms with Gasteiger partial charge in [0.15, 0.2) is 0 Å². The third-order valence-electron chi connectivity index (χ3n) is 9.57.